The maximum absolute atomic E-state index is 12.3. The molecule has 0 unspecified atom stereocenters. The third kappa shape index (κ3) is 5.56. The van der Waals surface area contributed by atoms with E-state index in [0.717, 1.165) is 37.9 Å². The van der Waals surface area contributed by atoms with E-state index in [4.69, 9.17) is 0 Å². The third-order valence-electron chi connectivity index (χ3n) is 5.87. The van der Waals surface area contributed by atoms with Crippen LogP contribution in [0.4, 0.5) is 4.79 Å². The van der Waals surface area contributed by atoms with Crippen molar-refractivity contribution in [1.29, 1.82) is 0 Å². The van der Waals surface area contributed by atoms with Gasteiger partial charge < -0.3 is 5.32 Å². The van der Waals surface area contributed by atoms with E-state index in [1.807, 2.05) is 12.1 Å². The van der Waals surface area contributed by atoms with Crippen LogP contribution in [-0.2, 0) is 9.59 Å². The van der Waals surface area contributed by atoms with Crippen LogP contribution in [0.1, 0.15) is 17.2 Å². The molecule has 7 nitrogen and oxygen atoms in total. The molecule has 2 heterocycles. The zero-order chi connectivity index (χ0) is 22.3. The molecule has 0 atom stereocenters. The zero-order valence-corrected chi connectivity index (χ0v) is 18.8. The standard InChI is InChI=1S/C24H28N4O3S/c29-21(25-11-12-28-22(30)18-32-24(28)31)17-26-13-15-27(16-14-26)23(19-7-3-1-4-8-19)20-9-5-2-6-10-20/h1-10,23H,11-18H2,(H,25,29). The first-order chi connectivity index (χ1) is 15.6. The second kappa shape index (κ2) is 10.8. The third-order valence-corrected chi connectivity index (χ3v) is 6.73. The predicted molar refractivity (Wildman–Crippen MR) is 125 cm³/mol. The topological polar surface area (TPSA) is 73.0 Å². The van der Waals surface area contributed by atoms with Gasteiger partial charge in [-0.25, -0.2) is 0 Å². The SMILES string of the molecule is O=C(CN1CCN(C(c2ccccc2)c2ccccc2)CC1)NCCN1C(=O)CSC1=O. The minimum atomic E-state index is -0.230. The quantitative estimate of drug-likeness (QED) is 0.662. The molecule has 168 valence electrons. The molecule has 2 fully saturated rings. The molecule has 0 aromatic heterocycles. The summed E-state index contributed by atoms with van der Waals surface area (Å²) in [5.41, 5.74) is 2.54. The van der Waals surface area contributed by atoms with Crippen molar-refractivity contribution < 1.29 is 14.4 Å². The molecule has 2 aliphatic heterocycles. The lowest BCUT2D eigenvalue weighted by molar-refractivity contribution is -0.126. The van der Waals surface area contributed by atoms with E-state index >= 15 is 0 Å². The number of thioether (sulfide) groups is 1. The van der Waals surface area contributed by atoms with Gasteiger partial charge in [-0.1, -0.05) is 72.4 Å². The molecule has 3 amide bonds. The van der Waals surface area contributed by atoms with Crippen molar-refractivity contribution in [3.8, 4) is 0 Å². The molecular weight excluding hydrogens is 424 g/mol. The molecule has 2 aromatic carbocycles. The number of nitrogens with one attached hydrogen (secondary N) is 1. The molecule has 32 heavy (non-hydrogen) atoms. The Balaban J connectivity index is 1.27. The average molecular weight is 453 g/mol. The summed E-state index contributed by atoms with van der Waals surface area (Å²) in [6.45, 7) is 4.21. The number of rotatable bonds is 8. The molecule has 2 saturated heterocycles. The van der Waals surface area contributed by atoms with E-state index in [1.165, 1.54) is 16.0 Å². The first kappa shape index (κ1) is 22.5. The van der Waals surface area contributed by atoms with E-state index < -0.39 is 0 Å². The van der Waals surface area contributed by atoms with E-state index in [-0.39, 0.29) is 35.4 Å². The summed E-state index contributed by atoms with van der Waals surface area (Å²) in [5, 5.41) is 2.60. The highest BCUT2D eigenvalue weighted by atomic mass is 32.2. The van der Waals surface area contributed by atoms with Gasteiger partial charge in [-0.3, -0.25) is 29.1 Å². The summed E-state index contributed by atoms with van der Waals surface area (Å²) in [5.74, 6) is -0.0612. The Labute approximate surface area is 192 Å². The minimum absolute atomic E-state index is 0.0760. The fourth-order valence-electron chi connectivity index (χ4n) is 4.23. The highest BCUT2D eigenvalue weighted by Gasteiger charge is 2.30. The predicted octanol–water partition coefficient (Wildman–Crippen LogP) is 2.21. The maximum Gasteiger partial charge on any atom is 0.288 e. The van der Waals surface area contributed by atoms with Crippen molar-refractivity contribution in [2.45, 2.75) is 6.04 Å². The smallest absolute Gasteiger partial charge is 0.288 e. The largest absolute Gasteiger partial charge is 0.353 e. The molecule has 8 heteroatoms. The van der Waals surface area contributed by atoms with E-state index in [2.05, 4.69) is 63.6 Å². The Morgan fingerprint density at radius 3 is 2.03 bits per heavy atom. The van der Waals surface area contributed by atoms with Gasteiger partial charge in [-0.2, -0.15) is 0 Å². The van der Waals surface area contributed by atoms with Crippen LogP contribution < -0.4 is 5.32 Å². The van der Waals surface area contributed by atoms with Crippen LogP contribution in [0.2, 0.25) is 0 Å². The Bertz CT molecular complexity index is 877. The maximum atomic E-state index is 12.3. The zero-order valence-electron chi connectivity index (χ0n) is 18.0. The molecule has 0 aliphatic carbocycles. The lowest BCUT2D eigenvalue weighted by atomic mass is 9.96. The highest BCUT2D eigenvalue weighted by molar-refractivity contribution is 8.14. The highest BCUT2D eigenvalue weighted by Crippen LogP contribution is 2.29. The Kier molecular flexibility index (Phi) is 7.57. The van der Waals surface area contributed by atoms with Crippen molar-refractivity contribution in [3.63, 3.8) is 0 Å². The molecule has 2 aliphatic rings. The van der Waals surface area contributed by atoms with Gasteiger partial charge in [0.05, 0.1) is 18.3 Å². The number of hydrogen-bond donors (Lipinski definition) is 1. The van der Waals surface area contributed by atoms with Crippen LogP contribution >= 0.6 is 11.8 Å². The first-order valence-corrected chi connectivity index (χ1v) is 11.9. The van der Waals surface area contributed by atoms with Gasteiger partial charge in [0.25, 0.3) is 5.24 Å². The van der Waals surface area contributed by atoms with Gasteiger partial charge in [0.2, 0.25) is 11.8 Å². The van der Waals surface area contributed by atoms with Crippen molar-refractivity contribution >= 4 is 28.8 Å². The lowest BCUT2D eigenvalue weighted by Gasteiger charge is -2.39. The van der Waals surface area contributed by atoms with Crippen LogP contribution in [0, 0.1) is 0 Å². The molecule has 0 spiro atoms. The minimum Gasteiger partial charge on any atom is -0.353 e. The molecule has 1 N–H and O–H groups in total. The van der Waals surface area contributed by atoms with Gasteiger partial charge in [0, 0.05) is 39.3 Å². The van der Waals surface area contributed by atoms with Crippen LogP contribution in [-0.4, -0.2) is 83.3 Å². The van der Waals surface area contributed by atoms with Crippen molar-refractivity contribution in [1.82, 2.24) is 20.0 Å². The van der Waals surface area contributed by atoms with Crippen LogP contribution in [0.5, 0.6) is 0 Å². The van der Waals surface area contributed by atoms with Crippen molar-refractivity contribution in [2.24, 2.45) is 0 Å². The van der Waals surface area contributed by atoms with Crippen LogP contribution in [0.15, 0.2) is 60.7 Å². The van der Waals surface area contributed by atoms with Crippen LogP contribution in [0.3, 0.4) is 0 Å². The summed E-state index contributed by atoms with van der Waals surface area (Å²) in [6.07, 6.45) is 0. The normalized spacial score (nSPS) is 17.8. The Morgan fingerprint density at radius 2 is 1.50 bits per heavy atom. The van der Waals surface area contributed by atoms with Gasteiger partial charge in [0.15, 0.2) is 0 Å². The number of carbonyl (C=O) groups excluding carboxylic acids is 3. The van der Waals surface area contributed by atoms with E-state index in [0.29, 0.717) is 13.1 Å². The van der Waals surface area contributed by atoms with Gasteiger partial charge in [-0.05, 0) is 11.1 Å². The number of benzene rings is 2. The molecular formula is C24H28N4O3S. The van der Waals surface area contributed by atoms with Gasteiger partial charge in [-0.15, -0.1) is 0 Å². The molecule has 0 radical (unpaired) electrons. The van der Waals surface area contributed by atoms with E-state index in [1.54, 1.807) is 0 Å². The number of piperazine rings is 1. The van der Waals surface area contributed by atoms with Crippen LogP contribution in [0.25, 0.3) is 0 Å². The molecule has 0 bridgehead atoms. The summed E-state index contributed by atoms with van der Waals surface area (Å²) in [6, 6.07) is 21.3. The lowest BCUT2D eigenvalue weighted by Crippen LogP contribution is -2.50. The number of carbonyl (C=O) groups is 3. The second-order valence-corrected chi connectivity index (χ2v) is 8.91. The fourth-order valence-corrected chi connectivity index (χ4v) is 4.98. The molecule has 4 rings (SSSR count). The summed E-state index contributed by atoms with van der Waals surface area (Å²) < 4.78 is 0. The average Bonchev–Trinajstić information content (AvgIpc) is 3.14. The summed E-state index contributed by atoms with van der Waals surface area (Å²) in [7, 11) is 0. The summed E-state index contributed by atoms with van der Waals surface area (Å²) in [4.78, 5) is 41.4. The van der Waals surface area contributed by atoms with Gasteiger partial charge in [0.1, 0.15) is 0 Å². The number of imide groups is 1. The number of amides is 3. The number of hydrogen-bond acceptors (Lipinski definition) is 6. The Morgan fingerprint density at radius 1 is 0.906 bits per heavy atom. The monoisotopic (exact) mass is 452 g/mol. The van der Waals surface area contributed by atoms with Crippen molar-refractivity contribution in [2.75, 3.05) is 51.6 Å². The summed E-state index contributed by atoms with van der Waals surface area (Å²) >= 11 is 1.01. The Hall–Kier alpha value is -2.68. The van der Waals surface area contributed by atoms with Gasteiger partial charge >= 0.3 is 0 Å². The molecule has 0 saturated carbocycles. The first-order valence-electron chi connectivity index (χ1n) is 10.9. The fraction of sp³-hybridized carbons (Fsp3) is 0.375. The van der Waals surface area contributed by atoms with E-state index in [9.17, 15) is 14.4 Å². The molecule has 2 aromatic rings. The second-order valence-electron chi connectivity index (χ2n) is 7.99. The van der Waals surface area contributed by atoms with Crippen molar-refractivity contribution in [3.05, 3.63) is 71.8 Å². The number of nitrogens with zero attached hydrogens (tertiary/aromatic N) is 3.